The Morgan fingerprint density at radius 1 is 1.38 bits per heavy atom. The van der Waals surface area contributed by atoms with Crippen molar-refractivity contribution in [2.45, 2.75) is 10.3 Å². The molecular formula is C12H11ClN2O5S. The second kappa shape index (κ2) is 4.49. The first kappa shape index (κ1) is 14.4. The molecule has 0 spiro atoms. The minimum Gasteiger partial charge on any atom is -0.303 e. The lowest BCUT2D eigenvalue weighted by Crippen LogP contribution is -2.34. The largest absolute Gasteiger partial charge is 0.303 e. The van der Waals surface area contributed by atoms with Crippen molar-refractivity contribution in [3.63, 3.8) is 0 Å². The van der Waals surface area contributed by atoms with Crippen LogP contribution < -0.4 is 0 Å². The van der Waals surface area contributed by atoms with Crippen LogP contribution in [0.1, 0.15) is 0 Å². The van der Waals surface area contributed by atoms with Crippen molar-refractivity contribution < 1.29 is 18.1 Å². The maximum absolute atomic E-state index is 12.4. The zero-order valence-corrected chi connectivity index (χ0v) is 12.2. The second-order valence-electron chi connectivity index (χ2n) is 5.29. The van der Waals surface area contributed by atoms with Gasteiger partial charge in [0.25, 0.3) is 5.69 Å². The SMILES string of the molecule is O=CC12CN(S(=O)(=O)c3ccc([N+](=O)[O-])cc3)CC1C2Cl. The molecule has 1 aliphatic heterocycles. The lowest BCUT2D eigenvalue weighted by molar-refractivity contribution is -0.384. The van der Waals surface area contributed by atoms with Gasteiger partial charge in [0.2, 0.25) is 10.0 Å². The van der Waals surface area contributed by atoms with Gasteiger partial charge in [0, 0.05) is 31.1 Å². The van der Waals surface area contributed by atoms with Crippen molar-refractivity contribution in [1.82, 2.24) is 4.31 Å². The van der Waals surface area contributed by atoms with Gasteiger partial charge in [0.05, 0.1) is 20.6 Å². The number of alkyl halides is 1. The van der Waals surface area contributed by atoms with Crippen molar-refractivity contribution in [3.05, 3.63) is 34.4 Å². The van der Waals surface area contributed by atoms with Gasteiger partial charge in [-0.15, -0.1) is 11.6 Å². The number of nitrogens with zero attached hydrogens (tertiary/aromatic N) is 2. The average molecular weight is 331 g/mol. The zero-order valence-electron chi connectivity index (χ0n) is 10.7. The van der Waals surface area contributed by atoms with E-state index in [-0.39, 0.29) is 35.0 Å². The monoisotopic (exact) mass is 330 g/mol. The molecule has 3 atom stereocenters. The number of piperidine rings is 1. The van der Waals surface area contributed by atoms with E-state index in [1.165, 1.54) is 16.4 Å². The molecule has 0 bridgehead atoms. The molecule has 9 heteroatoms. The number of fused-ring (bicyclic) bond motifs is 1. The lowest BCUT2D eigenvalue weighted by atomic mass is 10.1. The first-order valence-corrected chi connectivity index (χ1v) is 8.05. The van der Waals surface area contributed by atoms with E-state index in [0.717, 1.165) is 18.4 Å². The summed E-state index contributed by atoms with van der Waals surface area (Å²) in [6, 6.07) is 4.68. The third-order valence-electron chi connectivity index (χ3n) is 4.20. The van der Waals surface area contributed by atoms with Gasteiger partial charge in [-0.3, -0.25) is 10.1 Å². The van der Waals surface area contributed by atoms with E-state index >= 15 is 0 Å². The number of carbonyl (C=O) groups excluding carboxylic acids is 1. The maximum Gasteiger partial charge on any atom is 0.269 e. The fourth-order valence-corrected chi connectivity index (χ4v) is 4.86. The minimum absolute atomic E-state index is 0.0263. The third-order valence-corrected chi connectivity index (χ3v) is 6.74. The summed E-state index contributed by atoms with van der Waals surface area (Å²) >= 11 is 6.00. The number of halogens is 1. The van der Waals surface area contributed by atoms with Gasteiger partial charge in [-0.05, 0) is 12.1 Å². The topological polar surface area (TPSA) is 97.6 Å². The Hall–Kier alpha value is -1.51. The molecule has 3 unspecified atom stereocenters. The molecule has 0 radical (unpaired) electrons. The number of nitro benzene ring substituents is 1. The number of carbonyl (C=O) groups is 1. The van der Waals surface area contributed by atoms with Crippen LogP contribution in [0, 0.1) is 21.4 Å². The molecule has 1 aliphatic carbocycles. The molecule has 0 amide bonds. The normalized spacial score (nSPS) is 31.7. The van der Waals surface area contributed by atoms with Gasteiger partial charge < -0.3 is 4.79 Å². The second-order valence-corrected chi connectivity index (χ2v) is 7.70. The molecule has 112 valence electrons. The number of benzene rings is 1. The summed E-state index contributed by atoms with van der Waals surface area (Å²) in [4.78, 5) is 21.1. The van der Waals surface area contributed by atoms with Crippen LogP contribution in [-0.2, 0) is 14.8 Å². The summed E-state index contributed by atoms with van der Waals surface area (Å²) in [7, 11) is -3.76. The van der Waals surface area contributed by atoms with E-state index < -0.39 is 20.4 Å². The zero-order chi connectivity index (χ0) is 15.4. The van der Waals surface area contributed by atoms with Gasteiger partial charge in [-0.2, -0.15) is 4.31 Å². The third kappa shape index (κ3) is 1.97. The molecule has 3 rings (SSSR count). The van der Waals surface area contributed by atoms with Crippen molar-refractivity contribution in [2.75, 3.05) is 13.1 Å². The Morgan fingerprint density at radius 3 is 2.48 bits per heavy atom. The number of hydrogen-bond donors (Lipinski definition) is 0. The quantitative estimate of drug-likeness (QED) is 0.355. The number of nitro groups is 1. The summed E-state index contributed by atoms with van der Waals surface area (Å²) in [5.74, 6) is -0.149. The van der Waals surface area contributed by atoms with E-state index in [2.05, 4.69) is 0 Å². The fraction of sp³-hybridized carbons (Fsp3) is 0.417. The van der Waals surface area contributed by atoms with Crippen LogP contribution in [0.25, 0.3) is 0 Å². The summed E-state index contributed by atoms with van der Waals surface area (Å²) in [5, 5.41) is 10.3. The Bertz CT molecular complexity index is 720. The van der Waals surface area contributed by atoms with Crippen molar-refractivity contribution in [3.8, 4) is 0 Å². The van der Waals surface area contributed by atoms with Crippen LogP contribution in [0.5, 0.6) is 0 Å². The number of hydrogen-bond acceptors (Lipinski definition) is 5. The van der Waals surface area contributed by atoms with Gasteiger partial charge in [0.1, 0.15) is 6.29 Å². The fourth-order valence-electron chi connectivity index (χ4n) is 2.81. The maximum atomic E-state index is 12.4. The van der Waals surface area contributed by atoms with Gasteiger partial charge >= 0.3 is 0 Å². The minimum atomic E-state index is -3.76. The average Bonchev–Trinajstić information content (AvgIpc) is 2.86. The predicted molar refractivity (Wildman–Crippen MR) is 73.5 cm³/mol. The Kier molecular flexibility index (Phi) is 3.09. The highest BCUT2D eigenvalue weighted by molar-refractivity contribution is 7.89. The molecule has 0 aromatic heterocycles. The first-order valence-electron chi connectivity index (χ1n) is 6.18. The summed E-state index contributed by atoms with van der Waals surface area (Å²) in [5.41, 5.74) is -0.946. The summed E-state index contributed by atoms with van der Waals surface area (Å²) in [6.07, 6.45) is 0.737. The van der Waals surface area contributed by atoms with E-state index in [4.69, 9.17) is 11.6 Å². The number of rotatable bonds is 4. The molecule has 1 aromatic rings. The molecule has 21 heavy (non-hydrogen) atoms. The van der Waals surface area contributed by atoms with Gasteiger partial charge in [0.15, 0.2) is 0 Å². The molecule has 1 heterocycles. The van der Waals surface area contributed by atoms with Gasteiger partial charge in [-0.1, -0.05) is 0 Å². The molecule has 1 saturated carbocycles. The summed E-state index contributed by atoms with van der Waals surface area (Å²) < 4.78 is 26.1. The van der Waals surface area contributed by atoms with Crippen LogP contribution in [-0.4, -0.2) is 42.4 Å². The Morgan fingerprint density at radius 2 is 2.00 bits per heavy atom. The molecule has 2 fully saturated rings. The highest BCUT2D eigenvalue weighted by atomic mass is 35.5. The lowest BCUT2D eigenvalue weighted by Gasteiger charge is -2.19. The van der Waals surface area contributed by atoms with E-state index in [0.29, 0.717) is 0 Å². The standard InChI is InChI=1S/C12H11ClN2O5S/c13-11-10-5-14(6-12(10,11)7-16)21(19,20)9-3-1-8(2-4-9)15(17)18/h1-4,7,10-11H,5-6H2. The molecule has 1 aromatic carbocycles. The Balaban J connectivity index is 1.85. The van der Waals surface area contributed by atoms with Gasteiger partial charge in [-0.25, -0.2) is 8.42 Å². The van der Waals surface area contributed by atoms with Crippen LogP contribution in [0.4, 0.5) is 5.69 Å². The van der Waals surface area contributed by atoms with Crippen molar-refractivity contribution in [2.24, 2.45) is 11.3 Å². The molecule has 0 N–H and O–H groups in total. The van der Waals surface area contributed by atoms with Crippen LogP contribution in [0.3, 0.4) is 0 Å². The van der Waals surface area contributed by atoms with E-state index in [1.807, 2.05) is 0 Å². The molecule has 1 saturated heterocycles. The first-order chi connectivity index (χ1) is 9.83. The highest BCUT2D eigenvalue weighted by Crippen LogP contribution is 2.60. The summed E-state index contributed by atoms with van der Waals surface area (Å²) in [6.45, 7) is 0.265. The highest BCUT2D eigenvalue weighted by Gasteiger charge is 2.70. The van der Waals surface area contributed by atoms with Crippen LogP contribution in [0.2, 0.25) is 0 Å². The van der Waals surface area contributed by atoms with Crippen LogP contribution >= 0.6 is 11.6 Å². The molecule has 2 aliphatic rings. The van der Waals surface area contributed by atoms with Crippen LogP contribution in [0.15, 0.2) is 29.2 Å². The van der Waals surface area contributed by atoms with E-state index in [9.17, 15) is 23.3 Å². The van der Waals surface area contributed by atoms with E-state index in [1.54, 1.807) is 0 Å². The number of sulfonamides is 1. The predicted octanol–water partition coefficient (Wildman–Crippen LogP) is 1.02. The smallest absolute Gasteiger partial charge is 0.269 e. The molecular weight excluding hydrogens is 320 g/mol. The van der Waals surface area contributed by atoms with Crippen molar-refractivity contribution in [1.29, 1.82) is 0 Å². The number of aldehydes is 1. The van der Waals surface area contributed by atoms with Crippen molar-refractivity contribution >= 4 is 33.6 Å². The Labute approximate surface area is 125 Å². The number of non-ortho nitro benzene ring substituents is 1. The molecule has 7 nitrogen and oxygen atoms in total.